The largest absolute Gasteiger partial charge is 0.373 e. The Morgan fingerprint density at radius 3 is 2.40 bits per heavy atom. The first-order valence-electron chi connectivity index (χ1n) is 5.91. The van der Waals surface area contributed by atoms with E-state index >= 15 is 0 Å². The molecule has 3 heteroatoms. The summed E-state index contributed by atoms with van der Waals surface area (Å²) in [5.74, 6) is 0. The summed E-state index contributed by atoms with van der Waals surface area (Å²) in [4.78, 5) is 2.51. The van der Waals surface area contributed by atoms with E-state index in [0.29, 0.717) is 12.2 Å². The molecule has 3 nitrogen and oxygen atoms in total. The van der Waals surface area contributed by atoms with E-state index in [1.807, 2.05) is 0 Å². The van der Waals surface area contributed by atoms with Gasteiger partial charge in [-0.2, -0.15) is 0 Å². The minimum absolute atomic E-state index is 0.381. The molecule has 0 bridgehead atoms. The molecule has 0 amide bonds. The fraction of sp³-hybridized carbons (Fsp3) is 0.833. The summed E-state index contributed by atoms with van der Waals surface area (Å²) in [5, 5.41) is 3.30. The number of hydrogen-bond donors (Lipinski definition) is 1. The minimum Gasteiger partial charge on any atom is -0.373 e. The molecule has 1 N–H and O–H groups in total. The second-order valence-electron chi connectivity index (χ2n) is 4.94. The first kappa shape index (κ1) is 11.1. The van der Waals surface area contributed by atoms with Crippen LogP contribution in [0.15, 0.2) is 11.1 Å². The lowest BCUT2D eigenvalue weighted by Gasteiger charge is -2.36. The van der Waals surface area contributed by atoms with Crippen molar-refractivity contribution < 1.29 is 4.74 Å². The lowest BCUT2D eigenvalue weighted by atomic mass is 10.0. The number of hydrogen-bond acceptors (Lipinski definition) is 3. The molecule has 2 rings (SSSR count). The Balaban J connectivity index is 1.88. The molecule has 2 atom stereocenters. The molecule has 2 fully saturated rings. The lowest BCUT2D eigenvalue weighted by molar-refractivity contribution is -0.0653. The monoisotopic (exact) mass is 210 g/mol. The van der Waals surface area contributed by atoms with E-state index in [9.17, 15) is 0 Å². The van der Waals surface area contributed by atoms with Crippen LogP contribution in [-0.2, 0) is 4.74 Å². The Hall–Kier alpha value is -0.380. The summed E-state index contributed by atoms with van der Waals surface area (Å²) in [6, 6.07) is 0. The van der Waals surface area contributed by atoms with Crippen LogP contribution in [0.5, 0.6) is 0 Å². The predicted octanol–water partition coefficient (Wildman–Crippen LogP) is 1.02. The van der Waals surface area contributed by atoms with Crippen LogP contribution in [0.4, 0.5) is 0 Å². The highest BCUT2D eigenvalue weighted by atomic mass is 16.5. The first-order valence-corrected chi connectivity index (χ1v) is 5.91. The summed E-state index contributed by atoms with van der Waals surface area (Å²) < 4.78 is 5.73. The van der Waals surface area contributed by atoms with Crippen molar-refractivity contribution in [3.05, 3.63) is 11.1 Å². The number of nitrogens with one attached hydrogen (secondary N) is 1. The van der Waals surface area contributed by atoms with E-state index in [4.69, 9.17) is 4.74 Å². The van der Waals surface area contributed by atoms with E-state index in [-0.39, 0.29) is 0 Å². The van der Waals surface area contributed by atoms with Crippen molar-refractivity contribution in [1.82, 2.24) is 10.2 Å². The Kier molecular flexibility index (Phi) is 3.44. The van der Waals surface area contributed by atoms with Crippen molar-refractivity contribution >= 4 is 0 Å². The molecule has 0 aromatic heterocycles. The number of rotatable bonds is 2. The van der Waals surface area contributed by atoms with E-state index in [2.05, 4.69) is 31.0 Å². The standard InChI is InChI=1S/C12H22N2O/c1-9(12-4-13-5-12)6-14-7-10(2)15-11(3)8-14/h10-11,13H,4-8H2,1-3H3/t10-,11+. The third-order valence-corrected chi connectivity index (χ3v) is 3.24. The first-order chi connectivity index (χ1) is 7.15. The highest BCUT2D eigenvalue weighted by Gasteiger charge is 2.23. The molecule has 0 aliphatic carbocycles. The number of nitrogens with zero attached hydrogens (tertiary/aromatic N) is 1. The van der Waals surface area contributed by atoms with E-state index < -0.39 is 0 Å². The molecular formula is C12H22N2O. The Bertz CT molecular complexity index is 246. The van der Waals surface area contributed by atoms with Gasteiger partial charge in [0, 0.05) is 32.7 Å². The normalized spacial score (nSPS) is 32.6. The van der Waals surface area contributed by atoms with Crippen LogP contribution in [0.25, 0.3) is 0 Å². The topological polar surface area (TPSA) is 24.5 Å². The van der Waals surface area contributed by atoms with Crippen molar-refractivity contribution in [3.8, 4) is 0 Å². The van der Waals surface area contributed by atoms with Crippen molar-refractivity contribution in [2.45, 2.75) is 33.0 Å². The second kappa shape index (κ2) is 4.64. The average Bonchev–Trinajstić information content (AvgIpc) is 1.96. The Morgan fingerprint density at radius 1 is 1.33 bits per heavy atom. The van der Waals surface area contributed by atoms with Crippen molar-refractivity contribution in [3.63, 3.8) is 0 Å². The van der Waals surface area contributed by atoms with Crippen LogP contribution in [0.3, 0.4) is 0 Å². The zero-order chi connectivity index (χ0) is 10.8. The summed E-state index contributed by atoms with van der Waals surface area (Å²) >= 11 is 0. The summed E-state index contributed by atoms with van der Waals surface area (Å²) in [6.07, 6.45) is 0.761. The van der Waals surface area contributed by atoms with Crippen LogP contribution in [0.1, 0.15) is 20.8 Å². The number of morpholine rings is 1. The summed E-state index contributed by atoms with van der Waals surface area (Å²) in [7, 11) is 0. The predicted molar refractivity (Wildman–Crippen MR) is 62.0 cm³/mol. The maximum absolute atomic E-state index is 5.73. The highest BCUT2D eigenvalue weighted by Crippen LogP contribution is 2.15. The maximum atomic E-state index is 5.73. The zero-order valence-electron chi connectivity index (χ0n) is 10.0. The van der Waals surface area contributed by atoms with Gasteiger partial charge in [-0.15, -0.1) is 0 Å². The van der Waals surface area contributed by atoms with Gasteiger partial charge >= 0.3 is 0 Å². The molecule has 0 radical (unpaired) electrons. The van der Waals surface area contributed by atoms with Gasteiger partial charge in [-0.1, -0.05) is 5.57 Å². The van der Waals surface area contributed by atoms with E-state index in [0.717, 1.165) is 32.7 Å². The van der Waals surface area contributed by atoms with Crippen molar-refractivity contribution in [2.75, 3.05) is 32.7 Å². The Labute approximate surface area is 92.5 Å². The summed E-state index contributed by atoms with van der Waals surface area (Å²) in [5.41, 5.74) is 3.15. The molecule has 0 unspecified atom stereocenters. The molecule has 86 valence electrons. The minimum atomic E-state index is 0.381. The van der Waals surface area contributed by atoms with Gasteiger partial charge in [0.1, 0.15) is 0 Å². The van der Waals surface area contributed by atoms with Gasteiger partial charge in [-0.25, -0.2) is 0 Å². The molecule has 0 aromatic carbocycles. The van der Waals surface area contributed by atoms with Gasteiger partial charge in [0.2, 0.25) is 0 Å². The van der Waals surface area contributed by atoms with Crippen LogP contribution >= 0.6 is 0 Å². The third-order valence-electron chi connectivity index (χ3n) is 3.24. The molecule has 15 heavy (non-hydrogen) atoms. The zero-order valence-corrected chi connectivity index (χ0v) is 10.0. The van der Waals surface area contributed by atoms with Crippen molar-refractivity contribution in [1.29, 1.82) is 0 Å². The summed E-state index contributed by atoms with van der Waals surface area (Å²) in [6.45, 7) is 12.1. The van der Waals surface area contributed by atoms with Gasteiger partial charge < -0.3 is 10.1 Å². The SMILES string of the molecule is CC(CN1C[C@@H](C)O[C@@H](C)C1)=C1CNC1. The van der Waals surface area contributed by atoms with Crippen LogP contribution in [-0.4, -0.2) is 49.8 Å². The molecule has 2 heterocycles. The molecule has 2 aliphatic rings. The average molecular weight is 210 g/mol. The lowest BCUT2D eigenvalue weighted by Crippen LogP contribution is -2.46. The molecular weight excluding hydrogens is 188 g/mol. The van der Waals surface area contributed by atoms with Gasteiger partial charge in [-0.05, 0) is 26.3 Å². The smallest absolute Gasteiger partial charge is 0.0678 e. The van der Waals surface area contributed by atoms with Crippen LogP contribution < -0.4 is 5.32 Å². The highest BCUT2D eigenvalue weighted by molar-refractivity contribution is 5.22. The second-order valence-corrected chi connectivity index (χ2v) is 4.94. The van der Waals surface area contributed by atoms with Gasteiger partial charge in [0.15, 0.2) is 0 Å². The fourth-order valence-corrected chi connectivity index (χ4v) is 2.41. The Morgan fingerprint density at radius 2 is 1.93 bits per heavy atom. The molecule has 0 saturated carbocycles. The van der Waals surface area contributed by atoms with Gasteiger partial charge in [0.05, 0.1) is 12.2 Å². The molecule has 2 aliphatic heterocycles. The van der Waals surface area contributed by atoms with E-state index in [1.54, 1.807) is 11.1 Å². The molecule has 2 saturated heterocycles. The van der Waals surface area contributed by atoms with Crippen LogP contribution in [0, 0.1) is 0 Å². The maximum Gasteiger partial charge on any atom is 0.0678 e. The van der Waals surface area contributed by atoms with Gasteiger partial charge in [-0.3, -0.25) is 4.90 Å². The molecule has 0 spiro atoms. The quantitative estimate of drug-likeness (QED) is 0.689. The fourth-order valence-electron chi connectivity index (χ4n) is 2.41. The molecule has 0 aromatic rings. The third kappa shape index (κ3) is 2.80. The number of ether oxygens (including phenoxy) is 1. The van der Waals surface area contributed by atoms with Crippen LogP contribution in [0.2, 0.25) is 0 Å². The van der Waals surface area contributed by atoms with Gasteiger partial charge in [0.25, 0.3) is 0 Å². The van der Waals surface area contributed by atoms with Crippen molar-refractivity contribution in [2.24, 2.45) is 0 Å². The van der Waals surface area contributed by atoms with E-state index in [1.165, 1.54) is 0 Å².